The Morgan fingerprint density at radius 1 is 0.569 bits per heavy atom. The molecule has 19 nitrogen and oxygen atoms in total. The molecular weight excluding hydrogens is 767 g/mol. The zero-order valence-corrected chi connectivity index (χ0v) is 33.8. The number of hydrogen-bond acceptors (Lipinski definition) is 13. The average molecular weight is 823 g/mol. The highest BCUT2D eigenvalue weighted by atomic mass is 19.3. The van der Waals surface area contributed by atoms with Crippen LogP contribution in [0.1, 0.15) is 88.7 Å². The van der Waals surface area contributed by atoms with Crippen LogP contribution in [0.25, 0.3) is 0 Å². The van der Waals surface area contributed by atoms with Crippen LogP contribution in [0.5, 0.6) is 0 Å². The zero-order valence-electron chi connectivity index (χ0n) is 33.8. The first-order valence-corrected chi connectivity index (χ1v) is 18.3. The Morgan fingerprint density at radius 3 is 1.24 bits per heavy atom. The molecule has 0 saturated heterocycles. The molecule has 0 spiro atoms. The maximum absolute atomic E-state index is 13.8. The van der Waals surface area contributed by atoms with Crippen molar-refractivity contribution in [1.29, 1.82) is 0 Å². The molecule has 11 N–H and O–H groups in total. The predicted octanol–water partition coefficient (Wildman–Crippen LogP) is -1.20. The maximum Gasteiger partial charge on any atom is 0.252 e. The molecule has 0 aliphatic carbocycles. The van der Waals surface area contributed by atoms with Crippen molar-refractivity contribution in [3.8, 4) is 0 Å². The fraction of sp³-hybridized carbons (Fsp3) is 0.526. The number of aliphatic hydroxyl groups excluding tert-OH is 6. The minimum Gasteiger partial charge on any atom is -0.394 e. The van der Waals surface area contributed by atoms with Gasteiger partial charge in [-0.3, -0.25) is 28.8 Å². The lowest BCUT2D eigenvalue weighted by atomic mass is 9.89. The van der Waals surface area contributed by atoms with Crippen molar-refractivity contribution in [3.05, 3.63) is 55.6 Å². The molecule has 0 radical (unpaired) electrons. The summed E-state index contributed by atoms with van der Waals surface area (Å²) in [6.07, 6.45) is -5.46. The van der Waals surface area contributed by atoms with E-state index >= 15 is 0 Å². The van der Waals surface area contributed by atoms with E-state index in [0.717, 1.165) is 4.90 Å². The number of aliphatic hydroxyl groups is 6. The normalized spacial score (nSPS) is 13.2. The van der Waals surface area contributed by atoms with E-state index in [1.807, 2.05) is 0 Å². The van der Waals surface area contributed by atoms with E-state index in [-0.39, 0.29) is 74.5 Å². The Morgan fingerprint density at radius 2 is 0.914 bits per heavy atom. The zero-order chi connectivity index (χ0) is 44.2. The molecule has 0 aliphatic rings. The predicted molar refractivity (Wildman–Crippen MR) is 208 cm³/mol. The first kappa shape index (κ1) is 49.1. The van der Waals surface area contributed by atoms with Gasteiger partial charge in [0, 0.05) is 68.0 Å². The molecule has 0 fully saturated rings. The van der Waals surface area contributed by atoms with Crippen LogP contribution in [-0.2, 0) is 14.5 Å². The molecule has 20 heteroatoms. The molecule has 0 bridgehead atoms. The van der Waals surface area contributed by atoms with Crippen LogP contribution in [0.3, 0.4) is 0 Å². The summed E-state index contributed by atoms with van der Waals surface area (Å²) in [7, 11) is 0. The topological polar surface area (TPSA) is 296 Å². The smallest absolute Gasteiger partial charge is 0.252 e. The molecule has 58 heavy (non-hydrogen) atoms. The van der Waals surface area contributed by atoms with Crippen LogP contribution in [0.15, 0.2) is 0 Å². The standard InChI is InChI=1S/C38H55FN6O13/c1-17-29(19(3)33(44-23(7)48)20(4)30(17)36(55)43-12-28(53)16-58-39)35(54)40-9-25(50)13-45(24(8)49)34-21(5)31(37(56)41-10-26(51)14-46)18(2)32(22(34)6)38(57)42-11-27(52)15-47/h25-28,46-47,50-53H,9-16H2,1-8H3,(H,40,54)(H,41,56)(H,42,57)(H,43,55)(H,44,48). The molecule has 2 rings (SSSR count). The number of anilines is 2. The number of amides is 6. The Labute approximate surface area is 334 Å². The number of benzene rings is 2. The summed E-state index contributed by atoms with van der Waals surface area (Å²) in [4.78, 5) is 84.0. The average Bonchev–Trinajstić information content (AvgIpc) is 3.15. The van der Waals surface area contributed by atoms with Gasteiger partial charge in [-0.25, -0.2) is 0 Å². The molecule has 6 amide bonds. The molecule has 2 aromatic carbocycles. The van der Waals surface area contributed by atoms with Crippen LogP contribution >= 0.6 is 0 Å². The first-order chi connectivity index (χ1) is 27.1. The summed E-state index contributed by atoms with van der Waals surface area (Å²) in [5, 5.41) is 71.9. The number of carbonyl (C=O) groups excluding carboxylic acids is 6. The summed E-state index contributed by atoms with van der Waals surface area (Å²) in [6.45, 7) is 7.41. The van der Waals surface area contributed by atoms with Crippen LogP contribution in [0.4, 0.5) is 15.9 Å². The monoisotopic (exact) mass is 822 g/mol. The molecule has 322 valence electrons. The van der Waals surface area contributed by atoms with Gasteiger partial charge in [0.2, 0.25) is 11.8 Å². The molecule has 4 unspecified atom stereocenters. The first-order valence-electron chi connectivity index (χ1n) is 18.3. The number of rotatable bonds is 20. The van der Waals surface area contributed by atoms with Gasteiger partial charge in [-0.15, -0.1) is 0 Å². The molecule has 0 saturated carbocycles. The van der Waals surface area contributed by atoms with Gasteiger partial charge in [-0.2, -0.15) is 4.94 Å². The summed E-state index contributed by atoms with van der Waals surface area (Å²) in [5.74, 6) is -4.17. The molecule has 0 aliphatic heterocycles. The second-order valence-corrected chi connectivity index (χ2v) is 13.9. The van der Waals surface area contributed by atoms with Crippen molar-refractivity contribution in [2.75, 3.05) is 62.8 Å². The van der Waals surface area contributed by atoms with Crippen molar-refractivity contribution in [1.82, 2.24) is 21.3 Å². The van der Waals surface area contributed by atoms with E-state index in [9.17, 15) is 63.9 Å². The largest absolute Gasteiger partial charge is 0.394 e. The number of hydrogen-bond donors (Lipinski definition) is 11. The van der Waals surface area contributed by atoms with Gasteiger partial charge in [-0.05, 0) is 79.4 Å². The summed E-state index contributed by atoms with van der Waals surface area (Å²) >= 11 is 0. The van der Waals surface area contributed by atoms with Crippen molar-refractivity contribution >= 4 is 46.8 Å². The Bertz CT molecular complexity index is 1820. The molecular formula is C38H55FN6O13. The SMILES string of the molecule is CC(=O)Nc1c(C)c(C(=O)NCC(O)COF)c(C)c(C(=O)NCC(O)CN(C(C)=O)c2c(C)c(C(=O)NCC(O)CO)c(C)c(C(=O)NCC(O)CO)c2C)c1C. The molecule has 0 aromatic heterocycles. The minimum absolute atomic E-state index is 0.0158. The van der Waals surface area contributed by atoms with Crippen molar-refractivity contribution in [2.45, 2.75) is 79.8 Å². The van der Waals surface area contributed by atoms with Gasteiger partial charge in [0.25, 0.3) is 23.6 Å². The van der Waals surface area contributed by atoms with E-state index < -0.39 is 99.3 Å². The van der Waals surface area contributed by atoms with Crippen LogP contribution in [0.2, 0.25) is 0 Å². The Kier molecular flexibility index (Phi) is 18.7. The summed E-state index contributed by atoms with van der Waals surface area (Å²) < 4.78 is 12.2. The highest BCUT2D eigenvalue weighted by molar-refractivity contribution is 6.09. The second-order valence-electron chi connectivity index (χ2n) is 13.9. The van der Waals surface area contributed by atoms with Gasteiger partial charge < -0.3 is 62.1 Å². The van der Waals surface area contributed by atoms with Gasteiger partial charge in [-0.1, -0.05) is 0 Å². The summed E-state index contributed by atoms with van der Waals surface area (Å²) in [5.41, 5.74) is 1.40. The van der Waals surface area contributed by atoms with E-state index in [2.05, 4.69) is 31.5 Å². The van der Waals surface area contributed by atoms with Gasteiger partial charge in [0.05, 0.1) is 49.9 Å². The van der Waals surface area contributed by atoms with Crippen molar-refractivity contribution in [3.63, 3.8) is 0 Å². The lowest BCUT2D eigenvalue weighted by Gasteiger charge is -2.31. The summed E-state index contributed by atoms with van der Waals surface area (Å²) in [6, 6.07) is 0. The van der Waals surface area contributed by atoms with E-state index in [1.54, 1.807) is 6.92 Å². The number of nitrogens with one attached hydrogen (secondary N) is 5. The van der Waals surface area contributed by atoms with Crippen molar-refractivity contribution in [2.24, 2.45) is 0 Å². The lowest BCUT2D eigenvalue weighted by molar-refractivity contribution is -0.156. The Hall–Kier alpha value is -5.09. The maximum atomic E-state index is 13.8. The lowest BCUT2D eigenvalue weighted by Crippen LogP contribution is -2.43. The minimum atomic E-state index is -1.48. The molecule has 2 aromatic rings. The van der Waals surface area contributed by atoms with E-state index in [4.69, 9.17) is 0 Å². The van der Waals surface area contributed by atoms with E-state index in [0.29, 0.717) is 5.56 Å². The van der Waals surface area contributed by atoms with Crippen LogP contribution < -0.4 is 31.5 Å². The molecule has 0 heterocycles. The van der Waals surface area contributed by atoms with Gasteiger partial charge >= 0.3 is 0 Å². The van der Waals surface area contributed by atoms with Gasteiger partial charge in [0.15, 0.2) is 0 Å². The third-order valence-corrected chi connectivity index (χ3v) is 9.38. The van der Waals surface area contributed by atoms with Crippen molar-refractivity contribution < 1.29 is 68.9 Å². The third kappa shape index (κ3) is 12.2. The fourth-order valence-corrected chi connectivity index (χ4v) is 6.66. The number of halogens is 1. The second kappa shape index (κ2) is 22.2. The van der Waals surface area contributed by atoms with E-state index in [1.165, 1.54) is 48.5 Å². The Balaban J connectivity index is 2.59. The van der Waals surface area contributed by atoms with Crippen LogP contribution in [-0.4, -0.2) is 143 Å². The highest BCUT2D eigenvalue weighted by Gasteiger charge is 2.31. The van der Waals surface area contributed by atoms with Gasteiger partial charge in [0.1, 0.15) is 6.61 Å². The quantitative estimate of drug-likeness (QED) is 0.0749. The fourth-order valence-electron chi connectivity index (χ4n) is 6.66. The third-order valence-electron chi connectivity index (χ3n) is 9.38. The number of nitrogens with zero attached hydrogens (tertiary/aromatic N) is 1. The van der Waals surface area contributed by atoms with Crippen LogP contribution in [0, 0.1) is 41.5 Å². The highest BCUT2D eigenvalue weighted by Crippen LogP contribution is 2.35. The number of carbonyl (C=O) groups is 6. The molecule has 4 atom stereocenters.